The predicted molar refractivity (Wildman–Crippen MR) is 159 cm³/mol. The zero-order chi connectivity index (χ0) is 30.9. The van der Waals surface area contributed by atoms with Crippen molar-refractivity contribution in [2.24, 2.45) is 22.4 Å². The van der Waals surface area contributed by atoms with E-state index in [1.54, 1.807) is 14.1 Å². The molecule has 1 aromatic rings. The number of hydrogen-bond donors (Lipinski definition) is 7. The Labute approximate surface area is 242 Å². The lowest BCUT2D eigenvalue weighted by atomic mass is 9.96. The summed E-state index contributed by atoms with van der Waals surface area (Å²) >= 11 is 0. The summed E-state index contributed by atoms with van der Waals surface area (Å²) in [4.78, 5) is 55.8. The van der Waals surface area contributed by atoms with E-state index < -0.39 is 42.1 Å². The van der Waals surface area contributed by atoms with Crippen LogP contribution in [0.25, 0.3) is 0 Å². The minimum absolute atomic E-state index is 0.0728. The fraction of sp³-hybridized carbons (Fsp3) is 0.607. The van der Waals surface area contributed by atoms with Crippen molar-refractivity contribution >= 4 is 29.7 Å². The summed E-state index contributed by atoms with van der Waals surface area (Å²) in [5.41, 5.74) is 11.8. The van der Waals surface area contributed by atoms with Crippen molar-refractivity contribution in [1.29, 1.82) is 0 Å². The van der Waals surface area contributed by atoms with Crippen LogP contribution in [0.2, 0.25) is 0 Å². The maximum atomic E-state index is 13.0. The molecular weight excluding hydrogens is 528 g/mol. The first-order valence-electron chi connectivity index (χ1n) is 13.9. The molecule has 230 valence electrons. The highest BCUT2D eigenvalue weighted by Gasteiger charge is 2.29. The van der Waals surface area contributed by atoms with Gasteiger partial charge in [-0.1, -0.05) is 44.2 Å². The van der Waals surface area contributed by atoms with Crippen LogP contribution in [0.4, 0.5) is 4.79 Å². The van der Waals surface area contributed by atoms with Gasteiger partial charge < -0.3 is 42.7 Å². The lowest BCUT2D eigenvalue weighted by Gasteiger charge is -2.28. The summed E-state index contributed by atoms with van der Waals surface area (Å²) < 4.78 is 0. The molecule has 4 atom stereocenters. The number of guanidine groups is 1. The molecule has 13 heteroatoms. The quantitative estimate of drug-likeness (QED) is 0.0756. The van der Waals surface area contributed by atoms with Crippen LogP contribution in [0.5, 0.6) is 0 Å². The van der Waals surface area contributed by atoms with Crippen molar-refractivity contribution in [2.75, 3.05) is 27.2 Å². The Balaban J connectivity index is 2.73. The largest absolute Gasteiger partial charge is 0.390 e. The Kier molecular flexibility index (Phi) is 15.8. The first kappa shape index (κ1) is 35.2. The van der Waals surface area contributed by atoms with Gasteiger partial charge in [-0.25, -0.2) is 4.79 Å². The normalized spacial score (nSPS) is 13.7. The molecule has 0 heterocycles. The van der Waals surface area contributed by atoms with Crippen LogP contribution in [0.15, 0.2) is 35.3 Å². The monoisotopic (exact) mass is 576 g/mol. The summed E-state index contributed by atoms with van der Waals surface area (Å²) in [6, 6.07) is 6.66. The van der Waals surface area contributed by atoms with Crippen molar-refractivity contribution in [3.63, 3.8) is 0 Å². The Morgan fingerprint density at radius 1 is 0.976 bits per heavy atom. The minimum atomic E-state index is -1.12. The van der Waals surface area contributed by atoms with Crippen LogP contribution in [0, 0.1) is 5.92 Å². The van der Waals surface area contributed by atoms with E-state index in [4.69, 9.17) is 11.5 Å². The lowest BCUT2D eigenvalue weighted by molar-refractivity contribution is -0.131. The molecule has 0 radical (unpaired) electrons. The van der Waals surface area contributed by atoms with Gasteiger partial charge in [-0.3, -0.25) is 19.4 Å². The van der Waals surface area contributed by atoms with E-state index in [1.807, 2.05) is 44.2 Å². The van der Waals surface area contributed by atoms with Crippen molar-refractivity contribution in [3.05, 3.63) is 35.9 Å². The van der Waals surface area contributed by atoms with Gasteiger partial charge in [0.15, 0.2) is 5.96 Å². The van der Waals surface area contributed by atoms with Crippen LogP contribution < -0.4 is 32.7 Å². The molecule has 0 fully saturated rings. The predicted octanol–water partition coefficient (Wildman–Crippen LogP) is -0.175. The minimum Gasteiger partial charge on any atom is -0.390 e. The molecule has 13 nitrogen and oxygen atoms in total. The second kappa shape index (κ2) is 18.5. The maximum absolute atomic E-state index is 13.0. The smallest absolute Gasteiger partial charge is 0.317 e. The number of rotatable bonds is 17. The average molecular weight is 577 g/mol. The van der Waals surface area contributed by atoms with E-state index in [2.05, 4.69) is 26.3 Å². The second-order valence-electron chi connectivity index (χ2n) is 10.7. The highest BCUT2D eigenvalue weighted by atomic mass is 16.3. The summed E-state index contributed by atoms with van der Waals surface area (Å²) in [5.74, 6) is -1.34. The van der Waals surface area contributed by atoms with E-state index in [-0.39, 0.29) is 37.2 Å². The van der Waals surface area contributed by atoms with Gasteiger partial charge in [0.1, 0.15) is 12.1 Å². The molecule has 0 spiro atoms. The van der Waals surface area contributed by atoms with Gasteiger partial charge in [-0.2, -0.15) is 0 Å². The molecule has 0 aromatic heterocycles. The van der Waals surface area contributed by atoms with Crippen LogP contribution in [-0.4, -0.2) is 91.1 Å². The van der Waals surface area contributed by atoms with E-state index in [9.17, 15) is 24.3 Å². The summed E-state index contributed by atoms with van der Waals surface area (Å²) in [6.45, 7) is 6.09. The van der Waals surface area contributed by atoms with Crippen LogP contribution in [0.1, 0.15) is 52.0 Å². The first-order valence-corrected chi connectivity index (χ1v) is 13.9. The molecular formula is C28H48N8O5. The molecule has 0 aliphatic heterocycles. The number of benzene rings is 1. The van der Waals surface area contributed by atoms with Gasteiger partial charge in [0.25, 0.3) is 0 Å². The molecule has 0 saturated carbocycles. The fourth-order valence-electron chi connectivity index (χ4n) is 3.95. The third-order valence-electron chi connectivity index (χ3n) is 6.21. The third-order valence-corrected chi connectivity index (χ3v) is 6.21. The summed E-state index contributed by atoms with van der Waals surface area (Å²) in [7, 11) is 3.09. The average Bonchev–Trinajstić information content (AvgIpc) is 2.89. The highest BCUT2D eigenvalue weighted by molar-refractivity contribution is 5.91. The zero-order valence-corrected chi connectivity index (χ0v) is 24.9. The molecule has 9 N–H and O–H groups in total. The van der Waals surface area contributed by atoms with Crippen molar-refractivity contribution in [1.82, 2.24) is 26.2 Å². The van der Waals surface area contributed by atoms with Gasteiger partial charge in [0.05, 0.1) is 18.6 Å². The standard InChI is InChI=1S/C28H48N8O5/c1-18(2)16-22(23(37)17-24(38)31-15-13-20-10-7-6-8-11-20)34-25(39)19(3)33-26(40)21(35-28(41)36(4)5)12-9-14-32-27(29)30/h6-8,10-11,18-19,21-23,37H,9,12-17H2,1-5H3,(H,31,38)(H,33,40)(H,34,39)(H,35,41)(H4,29,30,32)/t19-,21-,22-,23-/m0/s1. The number of nitrogens with zero attached hydrogens (tertiary/aromatic N) is 2. The topological polar surface area (TPSA) is 204 Å². The molecule has 41 heavy (non-hydrogen) atoms. The number of carbonyl (C=O) groups excluding carboxylic acids is 4. The van der Waals surface area contributed by atoms with E-state index in [0.717, 1.165) is 5.56 Å². The number of aliphatic imine (C=N–C) groups is 1. The molecule has 0 aliphatic rings. The van der Waals surface area contributed by atoms with Crippen LogP contribution >= 0.6 is 0 Å². The van der Waals surface area contributed by atoms with Gasteiger partial charge in [0.2, 0.25) is 17.7 Å². The van der Waals surface area contributed by atoms with E-state index >= 15 is 0 Å². The lowest BCUT2D eigenvalue weighted by Crippen LogP contribution is -2.56. The van der Waals surface area contributed by atoms with Crippen molar-refractivity contribution < 1.29 is 24.3 Å². The van der Waals surface area contributed by atoms with E-state index in [0.29, 0.717) is 25.8 Å². The highest BCUT2D eigenvalue weighted by Crippen LogP contribution is 2.12. The van der Waals surface area contributed by atoms with Crippen molar-refractivity contribution in [2.45, 2.75) is 77.1 Å². The van der Waals surface area contributed by atoms with E-state index in [1.165, 1.54) is 11.8 Å². The second-order valence-corrected chi connectivity index (χ2v) is 10.7. The van der Waals surface area contributed by atoms with Gasteiger partial charge >= 0.3 is 6.03 Å². The summed E-state index contributed by atoms with van der Waals surface area (Å²) in [5, 5.41) is 21.7. The first-order chi connectivity index (χ1) is 19.3. The molecule has 0 bridgehead atoms. The maximum Gasteiger partial charge on any atom is 0.317 e. The Hall–Kier alpha value is -3.87. The van der Waals surface area contributed by atoms with Crippen molar-refractivity contribution in [3.8, 4) is 0 Å². The SMILES string of the molecule is CC(C)C[C@H](NC(=O)[C@H](C)NC(=O)[C@H](CCCN=C(N)N)NC(=O)N(C)C)[C@@H](O)CC(=O)NCCc1ccccc1. The Morgan fingerprint density at radius 2 is 1.63 bits per heavy atom. The number of amides is 5. The number of hydrogen-bond acceptors (Lipinski definition) is 6. The number of urea groups is 1. The van der Waals surface area contributed by atoms with Gasteiger partial charge in [-0.15, -0.1) is 0 Å². The number of nitrogens with one attached hydrogen (secondary N) is 4. The van der Waals surface area contributed by atoms with Gasteiger partial charge in [0, 0.05) is 27.2 Å². The number of aliphatic hydroxyl groups is 1. The number of carbonyl (C=O) groups is 4. The molecule has 0 saturated heterocycles. The third kappa shape index (κ3) is 14.9. The molecule has 0 aliphatic carbocycles. The Bertz CT molecular complexity index is 998. The molecule has 1 aromatic carbocycles. The molecule has 1 rings (SSSR count). The fourth-order valence-corrected chi connectivity index (χ4v) is 3.95. The van der Waals surface area contributed by atoms with Crippen LogP contribution in [-0.2, 0) is 20.8 Å². The number of aliphatic hydroxyl groups excluding tert-OH is 1. The Morgan fingerprint density at radius 3 is 2.22 bits per heavy atom. The molecule has 5 amide bonds. The molecule has 0 unspecified atom stereocenters. The zero-order valence-electron chi connectivity index (χ0n) is 24.9. The summed E-state index contributed by atoms with van der Waals surface area (Å²) in [6.07, 6.45) is 0.448. The number of nitrogens with two attached hydrogens (primary N) is 2. The van der Waals surface area contributed by atoms with Crippen LogP contribution in [0.3, 0.4) is 0 Å². The van der Waals surface area contributed by atoms with Gasteiger partial charge in [-0.05, 0) is 44.1 Å².